The van der Waals surface area contributed by atoms with Crippen LogP contribution in [0.1, 0.15) is 24.8 Å². The van der Waals surface area contributed by atoms with Gasteiger partial charge in [-0.15, -0.1) is 0 Å². The molecule has 0 spiro atoms. The van der Waals surface area contributed by atoms with Crippen molar-refractivity contribution >= 4 is 5.91 Å². The van der Waals surface area contributed by atoms with Gasteiger partial charge in [0.25, 0.3) is 0 Å². The van der Waals surface area contributed by atoms with Crippen LogP contribution < -0.4 is 5.73 Å². The number of pyridine rings is 1. The molecule has 0 atom stereocenters. The predicted molar refractivity (Wildman–Crippen MR) is 77.2 cm³/mol. The van der Waals surface area contributed by atoms with Crippen LogP contribution in [-0.2, 0) is 16.0 Å². The summed E-state index contributed by atoms with van der Waals surface area (Å²) in [6.45, 7) is 2.96. The maximum absolute atomic E-state index is 12.2. The van der Waals surface area contributed by atoms with Crippen molar-refractivity contribution in [1.29, 1.82) is 0 Å². The van der Waals surface area contributed by atoms with Crippen LogP contribution in [0.2, 0.25) is 0 Å². The Morgan fingerprint density at radius 3 is 2.90 bits per heavy atom. The lowest BCUT2D eigenvalue weighted by molar-refractivity contribution is -0.133. The number of aromatic nitrogens is 1. The van der Waals surface area contributed by atoms with Crippen LogP contribution in [0.15, 0.2) is 24.5 Å². The van der Waals surface area contributed by atoms with E-state index in [-0.39, 0.29) is 12.0 Å². The Morgan fingerprint density at radius 1 is 1.45 bits per heavy atom. The molecular formula is C15H23N3O2. The zero-order valence-corrected chi connectivity index (χ0v) is 11.8. The monoisotopic (exact) mass is 277 g/mol. The zero-order valence-electron chi connectivity index (χ0n) is 11.8. The summed E-state index contributed by atoms with van der Waals surface area (Å²) >= 11 is 0. The first-order chi connectivity index (χ1) is 9.79. The van der Waals surface area contributed by atoms with E-state index in [9.17, 15) is 4.79 Å². The van der Waals surface area contributed by atoms with Crippen molar-refractivity contribution in [3.63, 3.8) is 0 Å². The van der Waals surface area contributed by atoms with Gasteiger partial charge in [0.05, 0.1) is 12.5 Å². The molecule has 5 heteroatoms. The molecule has 1 saturated heterocycles. The molecule has 0 unspecified atom stereocenters. The van der Waals surface area contributed by atoms with Gasteiger partial charge in [0.1, 0.15) is 0 Å². The molecular weight excluding hydrogens is 254 g/mol. The van der Waals surface area contributed by atoms with Crippen molar-refractivity contribution in [3.05, 3.63) is 30.1 Å². The number of nitrogens with zero attached hydrogens (tertiary/aromatic N) is 2. The molecule has 2 heterocycles. The number of likely N-dealkylation sites (tertiary alicyclic amines) is 1. The summed E-state index contributed by atoms with van der Waals surface area (Å²) in [6.07, 6.45) is 6.93. The summed E-state index contributed by atoms with van der Waals surface area (Å²) in [5.74, 6) is 0.179. The second kappa shape index (κ2) is 7.97. The molecule has 1 aromatic rings. The lowest BCUT2D eigenvalue weighted by Gasteiger charge is -2.32. The first kappa shape index (κ1) is 14.9. The Balaban J connectivity index is 1.72. The van der Waals surface area contributed by atoms with E-state index in [0.717, 1.165) is 44.5 Å². The Kier molecular flexibility index (Phi) is 5.95. The quantitative estimate of drug-likeness (QED) is 0.787. The summed E-state index contributed by atoms with van der Waals surface area (Å²) in [5.41, 5.74) is 6.41. The molecule has 1 fully saturated rings. The van der Waals surface area contributed by atoms with E-state index < -0.39 is 0 Å². The van der Waals surface area contributed by atoms with Crippen LogP contribution in [0.3, 0.4) is 0 Å². The van der Waals surface area contributed by atoms with Crippen LogP contribution in [-0.4, -0.2) is 48.1 Å². The molecule has 1 aliphatic heterocycles. The number of carbonyl (C=O) groups is 1. The van der Waals surface area contributed by atoms with Gasteiger partial charge in [0.2, 0.25) is 5.91 Å². The summed E-state index contributed by atoms with van der Waals surface area (Å²) < 4.78 is 5.74. The SMILES string of the molecule is NCCCOC1CCN(C(=O)Cc2cccnc2)CC1. The van der Waals surface area contributed by atoms with Gasteiger partial charge >= 0.3 is 0 Å². The summed E-state index contributed by atoms with van der Waals surface area (Å²) in [4.78, 5) is 18.1. The van der Waals surface area contributed by atoms with Gasteiger partial charge < -0.3 is 15.4 Å². The molecule has 0 aromatic carbocycles. The fourth-order valence-electron chi connectivity index (χ4n) is 2.39. The minimum atomic E-state index is 0.179. The number of carbonyl (C=O) groups excluding carboxylic acids is 1. The number of hydrogen-bond donors (Lipinski definition) is 1. The van der Waals surface area contributed by atoms with Crippen molar-refractivity contribution in [3.8, 4) is 0 Å². The Hall–Kier alpha value is -1.46. The minimum Gasteiger partial charge on any atom is -0.378 e. The number of ether oxygens (including phenoxy) is 1. The van der Waals surface area contributed by atoms with Crippen LogP contribution >= 0.6 is 0 Å². The lowest BCUT2D eigenvalue weighted by atomic mass is 10.1. The highest BCUT2D eigenvalue weighted by molar-refractivity contribution is 5.78. The third-order valence-electron chi connectivity index (χ3n) is 3.57. The Morgan fingerprint density at radius 2 is 2.25 bits per heavy atom. The topological polar surface area (TPSA) is 68.5 Å². The maximum atomic E-state index is 12.2. The van der Waals surface area contributed by atoms with Gasteiger partial charge in [-0.1, -0.05) is 6.07 Å². The van der Waals surface area contributed by atoms with E-state index >= 15 is 0 Å². The van der Waals surface area contributed by atoms with E-state index in [2.05, 4.69) is 4.98 Å². The highest BCUT2D eigenvalue weighted by atomic mass is 16.5. The maximum Gasteiger partial charge on any atom is 0.227 e. The number of amides is 1. The van der Waals surface area contributed by atoms with Crippen LogP contribution in [0, 0.1) is 0 Å². The summed E-state index contributed by atoms with van der Waals surface area (Å²) in [6, 6.07) is 3.80. The highest BCUT2D eigenvalue weighted by Gasteiger charge is 2.23. The standard InChI is InChI=1S/C15H23N3O2/c16-6-2-10-20-14-4-8-18(9-5-14)15(19)11-13-3-1-7-17-12-13/h1,3,7,12,14H,2,4-6,8-11,16H2. The van der Waals surface area contributed by atoms with Crippen molar-refractivity contribution in [2.24, 2.45) is 5.73 Å². The molecule has 1 aliphatic rings. The van der Waals surface area contributed by atoms with Crippen molar-refractivity contribution in [2.45, 2.75) is 31.8 Å². The van der Waals surface area contributed by atoms with Gasteiger partial charge in [0.15, 0.2) is 0 Å². The van der Waals surface area contributed by atoms with Crippen LogP contribution in [0.4, 0.5) is 0 Å². The van der Waals surface area contributed by atoms with Crippen molar-refractivity contribution in [1.82, 2.24) is 9.88 Å². The molecule has 1 amide bonds. The fraction of sp³-hybridized carbons (Fsp3) is 0.600. The predicted octanol–water partition coefficient (Wildman–Crippen LogP) is 0.980. The van der Waals surface area contributed by atoms with Crippen molar-refractivity contribution < 1.29 is 9.53 Å². The molecule has 0 aliphatic carbocycles. The molecule has 0 saturated carbocycles. The number of rotatable bonds is 6. The Bertz CT molecular complexity index is 403. The van der Waals surface area contributed by atoms with E-state index in [1.807, 2.05) is 17.0 Å². The minimum absolute atomic E-state index is 0.179. The van der Waals surface area contributed by atoms with Crippen LogP contribution in [0.5, 0.6) is 0 Å². The van der Waals surface area contributed by atoms with Gasteiger partial charge in [-0.3, -0.25) is 9.78 Å². The first-order valence-corrected chi connectivity index (χ1v) is 7.28. The van der Waals surface area contributed by atoms with Gasteiger partial charge in [-0.2, -0.15) is 0 Å². The molecule has 1 aromatic heterocycles. The third kappa shape index (κ3) is 4.58. The molecule has 5 nitrogen and oxygen atoms in total. The first-order valence-electron chi connectivity index (χ1n) is 7.28. The van der Waals surface area contributed by atoms with Crippen LogP contribution in [0.25, 0.3) is 0 Å². The second-order valence-corrected chi connectivity index (χ2v) is 5.13. The Labute approximate surface area is 120 Å². The fourth-order valence-corrected chi connectivity index (χ4v) is 2.39. The second-order valence-electron chi connectivity index (χ2n) is 5.13. The van der Waals surface area contributed by atoms with Gasteiger partial charge in [0, 0.05) is 32.1 Å². The molecule has 0 radical (unpaired) electrons. The highest BCUT2D eigenvalue weighted by Crippen LogP contribution is 2.15. The molecule has 110 valence electrons. The number of hydrogen-bond acceptors (Lipinski definition) is 4. The summed E-state index contributed by atoms with van der Waals surface area (Å²) in [5, 5.41) is 0. The van der Waals surface area contributed by atoms with E-state index in [1.54, 1.807) is 12.4 Å². The average molecular weight is 277 g/mol. The van der Waals surface area contributed by atoms with Gasteiger partial charge in [-0.05, 0) is 37.4 Å². The van der Waals surface area contributed by atoms with Gasteiger partial charge in [-0.25, -0.2) is 0 Å². The number of nitrogens with two attached hydrogens (primary N) is 1. The van der Waals surface area contributed by atoms with E-state index in [0.29, 0.717) is 13.0 Å². The van der Waals surface area contributed by atoms with E-state index in [1.165, 1.54) is 0 Å². The average Bonchev–Trinajstić information content (AvgIpc) is 2.49. The third-order valence-corrected chi connectivity index (χ3v) is 3.57. The molecule has 0 bridgehead atoms. The molecule has 20 heavy (non-hydrogen) atoms. The zero-order chi connectivity index (χ0) is 14.2. The largest absolute Gasteiger partial charge is 0.378 e. The summed E-state index contributed by atoms with van der Waals surface area (Å²) in [7, 11) is 0. The normalized spacial score (nSPS) is 16.4. The molecule has 2 N–H and O–H groups in total. The smallest absolute Gasteiger partial charge is 0.227 e. The molecule has 2 rings (SSSR count). The number of piperidine rings is 1. The lowest BCUT2D eigenvalue weighted by Crippen LogP contribution is -2.41. The van der Waals surface area contributed by atoms with E-state index in [4.69, 9.17) is 10.5 Å². The van der Waals surface area contributed by atoms with Crippen molar-refractivity contribution in [2.75, 3.05) is 26.2 Å².